The molecule has 0 saturated carbocycles. The monoisotopic (exact) mass is 374 g/mol. The Bertz CT molecular complexity index is 1070. The summed E-state index contributed by atoms with van der Waals surface area (Å²) in [5.74, 6) is -0.534. The number of hydrogen-bond donors (Lipinski definition) is 0. The summed E-state index contributed by atoms with van der Waals surface area (Å²) in [5.41, 5.74) is 1.40. The number of Topliss-reactive ketones (excluding diaryl/α,β-unsaturated/α-hetero) is 1. The van der Waals surface area contributed by atoms with Crippen molar-refractivity contribution in [2.24, 2.45) is 0 Å². The van der Waals surface area contributed by atoms with Gasteiger partial charge in [-0.3, -0.25) is 9.59 Å². The molecule has 2 aromatic carbocycles. The van der Waals surface area contributed by atoms with Crippen molar-refractivity contribution in [3.63, 3.8) is 0 Å². The van der Waals surface area contributed by atoms with Gasteiger partial charge in [-0.05, 0) is 17.7 Å². The number of allylic oxidation sites excluding steroid dienone is 4. The predicted octanol–water partition coefficient (Wildman–Crippen LogP) is 3.49. The molecule has 6 nitrogen and oxygen atoms in total. The minimum Gasteiger partial charge on any atom is -0.454 e. The summed E-state index contributed by atoms with van der Waals surface area (Å²) in [5, 5.41) is 0. The minimum absolute atomic E-state index is 0.204. The van der Waals surface area contributed by atoms with Crippen LogP contribution in [0.3, 0.4) is 0 Å². The van der Waals surface area contributed by atoms with Crippen molar-refractivity contribution in [3.05, 3.63) is 89.2 Å². The average Bonchev–Trinajstić information content (AvgIpc) is 3.17. The lowest BCUT2D eigenvalue weighted by molar-refractivity contribution is -0.133. The summed E-state index contributed by atoms with van der Waals surface area (Å²) >= 11 is 0. The highest BCUT2D eigenvalue weighted by molar-refractivity contribution is 6.24. The molecule has 6 heteroatoms. The molecule has 138 valence electrons. The van der Waals surface area contributed by atoms with Crippen LogP contribution in [0.15, 0.2) is 72.5 Å². The number of carbonyl (C=O) groups excluding carboxylic acids is 3. The van der Waals surface area contributed by atoms with Crippen LogP contribution in [0.5, 0.6) is 11.5 Å². The molecular weight excluding hydrogens is 360 g/mol. The van der Waals surface area contributed by atoms with Gasteiger partial charge in [0.1, 0.15) is 0 Å². The Kier molecular flexibility index (Phi) is 4.60. The second-order valence-corrected chi connectivity index (χ2v) is 6.00. The van der Waals surface area contributed by atoms with Crippen molar-refractivity contribution >= 4 is 23.6 Å². The van der Waals surface area contributed by atoms with E-state index in [1.165, 1.54) is 18.2 Å². The van der Waals surface area contributed by atoms with E-state index in [9.17, 15) is 14.4 Å². The number of esters is 1. The third kappa shape index (κ3) is 3.48. The summed E-state index contributed by atoms with van der Waals surface area (Å²) in [6, 6.07) is 11.9. The zero-order chi connectivity index (χ0) is 19.5. The van der Waals surface area contributed by atoms with Crippen molar-refractivity contribution in [1.29, 1.82) is 0 Å². The van der Waals surface area contributed by atoms with Gasteiger partial charge in [0, 0.05) is 23.3 Å². The highest BCUT2D eigenvalue weighted by atomic mass is 16.7. The SMILES string of the molecule is O=C(/C=C/C=C/c1ccc2c(c1)OCO2)OC1=CC(=O)c2ccccc2C1=O. The second-order valence-electron chi connectivity index (χ2n) is 6.00. The topological polar surface area (TPSA) is 78.9 Å². The van der Waals surface area contributed by atoms with E-state index in [2.05, 4.69) is 0 Å². The van der Waals surface area contributed by atoms with Crippen molar-refractivity contribution < 1.29 is 28.6 Å². The smallest absolute Gasteiger partial charge is 0.336 e. The van der Waals surface area contributed by atoms with Crippen LogP contribution >= 0.6 is 0 Å². The highest BCUT2D eigenvalue weighted by Crippen LogP contribution is 2.32. The summed E-state index contributed by atoms with van der Waals surface area (Å²) in [4.78, 5) is 36.4. The molecule has 0 N–H and O–H groups in total. The van der Waals surface area contributed by atoms with Gasteiger partial charge in [0.15, 0.2) is 23.0 Å². The highest BCUT2D eigenvalue weighted by Gasteiger charge is 2.27. The number of benzene rings is 2. The number of fused-ring (bicyclic) bond motifs is 2. The maximum absolute atomic E-state index is 12.3. The van der Waals surface area contributed by atoms with Gasteiger partial charge in [0.05, 0.1) is 0 Å². The number of ketones is 2. The van der Waals surface area contributed by atoms with Crippen LogP contribution in [0, 0.1) is 0 Å². The van der Waals surface area contributed by atoms with Gasteiger partial charge in [-0.15, -0.1) is 0 Å². The van der Waals surface area contributed by atoms with E-state index in [1.807, 2.05) is 12.1 Å². The third-order valence-electron chi connectivity index (χ3n) is 4.16. The molecule has 0 spiro atoms. The molecule has 0 unspecified atom stereocenters. The predicted molar refractivity (Wildman–Crippen MR) is 100 cm³/mol. The maximum Gasteiger partial charge on any atom is 0.336 e. The Hall–Kier alpha value is -3.93. The second kappa shape index (κ2) is 7.36. The number of carbonyl (C=O) groups is 3. The number of ether oxygens (including phenoxy) is 3. The van der Waals surface area contributed by atoms with E-state index < -0.39 is 11.8 Å². The molecule has 0 radical (unpaired) electrons. The van der Waals surface area contributed by atoms with E-state index in [-0.39, 0.29) is 23.9 Å². The Morgan fingerprint density at radius 3 is 2.61 bits per heavy atom. The molecule has 4 rings (SSSR count). The molecule has 1 aliphatic carbocycles. The quantitative estimate of drug-likeness (QED) is 0.463. The van der Waals surface area contributed by atoms with Crippen molar-refractivity contribution in [2.75, 3.05) is 6.79 Å². The standard InChI is InChI=1S/C22H14O6/c23-17-12-20(22(25)16-7-3-2-6-15(16)17)28-21(24)8-4-1-5-14-9-10-18-19(11-14)27-13-26-18/h1-12H,13H2/b5-1+,8-4+. The molecule has 1 heterocycles. The third-order valence-corrected chi connectivity index (χ3v) is 4.16. The molecule has 0 fully saturated rings. The summed E-state index contributed by atoms with van der Waals surface area (Å²) in [6.07, 6.45) is 7.12. The van der Waals surface area contributed by atoms with E-state index in [1.54, 1.807) is 36.4 Å². The normalized spacial score (nSPS) is 15.1. The van der Waals surface area contributed by atoms with E-state index in [4.69, 9.17) is 14.2 Å². The fourth-order valence-corrected chi connectivity index (χ4v) is 2.83. The summed E-state index contributed by atoms with van der Waals surface area (Å²) in [7, 11) is 0. The van der Waals surface area contributed by atoms with Crippen LogP contribution in [0.25, 0.3) is 6.08 Å². The summed E-state index contributed by atoms with van der Waals surface area (Å²) in [6.45, 7) is 0.204. The van der Waals surface area contributed by atoms with E-state index in [0.29, 0.717) is 17.1 Å². The first-order valence-corrected chi connectivity index (χ1v) is 8.48. The van der Waals surface area contributed by atoms with Crippen LogP contribution in [0.1, 0.15) is 26.3 Å². The largest absolute Gasteiger partial charge is 0.454 e. The van der Waals surface area contributed by atoms with Gasteiger partial charge >= 0.3 is 5.97 Å². The molecular formula is C22H14O6. The first-order chi connectivity index (χ1) is 13.6. The van der Waals surface area contributed by atoms with Gasteiger partial charge in [-0.25, -0.2) is 4.79 Å². The van der Waals surface area contributed by atoms with Gasteiger partial charge in [-0.2, -0.15) is 0 Å². The maximum atomic E-state index is 12.3. The molecule has 0 saturated heterocycles. The molecule has 1 aliphatic heterocycles. The zero-order valence-corrected chi connectivity index (χ0v) is 14.6. The average molecular weight is 374 g/mol. The lowest BCUT2D eigenvalue weighted by Gasteiger charge is -2.13. The molecule has 0 atom stereocenters. The Labute approximate surface area is 160 Å². The van der Waals surface area contributed by atoms with E-state index in [0.717, 1.165) is 11.6 Å². The lowest BCUT2D eigenvalue weighted by Crippen LogP contribution is -2.20. The molecule has 0 bridgehead atoms. The molecule has 0 amide bonds. The Morgan fingerprint density at radius 1 is 0.964 bits per heavy atom. The fourth-order valence-electron chi connectivity index (χ4n) is 2.83. The molecule has 2 aromatic rings. The Morgan fingerprint density at radius 2 is 1.75 bits per heavy atom. The van der Waals surface area contributed by atoms with Crippen LogP contribution in [-0.4, -0.2) is 24.3 Å². The number of hydrogen-bond acceptors (Lipinski definition) is 6. The van der Waals surface area contributed by atoms with Gasteiger partial charge in [0.2, 0.25) is 12.6 Å². The van der Waals surface area contributed by atoms with Crippen LogP contribution < -0.4 is 9.47 Å². The van der Waals surface area contributed by atoms with Crippen LogP contribution in [0.4, 0.5) is 0 Å². The molecule has 2 aliphatic rings. The van der Waals surface area contributed by atoms with Crippen molar-refractivity contribution in [1.82, 2.24) is 0 Å². The van der Waals surface area contributed by atoms with E-state index >= 15 is 0 Å². The first kappa shape index (κ1) is 17.5. The molecule has 28 heavy (non-hydrogen) atoms. The number of rotatable bonds is 4. The fraction of sp³-hybridized carbons (Fsp3) is 0.0455. The summed E-state index contributed by atoms with van der Waals surface area (Å²) < 4.78 is 15.6. The Balaban J connectivity index is 1.39. The van der Waals surface area contributed by atoms with Crippen molar-refractivity contribution in [3.8, 4) is 11.5 Å². The van der Waals surface area contributed by atoms with Gasteiger partial charge in [-0.1, -0.05) is 48.6 Å². The van der Waals surface area contributed by atoms with Gasteiger partial charge in [0.25, 0.3) is 0 Å². The van der Waals surface area contributed by atoms with Crippen LogP contribution in [0.2, 0.25) is 0 Å². The minimum atomic E-state index is -0.748. The van der Waals surface area contributed by atoms with Gasteiger partial charge < -0.3 is 14.2 Å². The lowest BCUT2D eigenvalue weighted by atomic mass is 9.94. The zero-order valence-electron chi connectivity index (χ0n) is 14.6. The van der Waals surface area contributed by atoms with Crippen LogP contribution in [-0.2, 0) is 9.53 Å². The first-order valence-electron chi connectivity index (χ1n) is 8.48. The molecule has 0 aromatic heterocycles. The van der Waals surface area contributed by atoms with Crippen molar-refractivity contribution in [2.45, 2.75) is 0 Å².